The van der Waals surface area contributed by atoms with E-state index < -0.39 is 0 Å². The third-order valence-corrected chi connectivity index (χ3v) is 4.35. The van der Waals surface area contributed by atoms with E-state index in [1.165, 1.54) is 11.3 Å². The highest BCUT2D eigenvalue weighted by Crippen LogP contribution is 2.31. The van der Waals surface area contributed by atoms with Crippen molar-refractivity contribution in [2.24, 2.45) is 0 Å². The Morgan fingerprint density at radius 2 is 1.95 bits per heavy atom. The molecule has 2 aromatic rings. The Labute approximate surface area is 135 Å². The summed E-state index contributed by atoms with van der Waals surface area (Å²) in [6, 6.07) is 15.9. The molecule has 0 saturated carbocycles. The van der Waals surface area contributed by atoms with E-state index in [2.05, 4.69) is 41.4 Å². The molecule has 1 atom stereocenters. The zero-order chi connectivity index (χ0) is 15.5. The minimum absolute atomic E-state index is 0.0585. The SMILES string of the molecule is CC1Cc2ccccc2N1CCNC(=O)c1ccc(Cl)cc1. The van der Waals surface area contributed by atoms with Crippen LogP contribution in [0.15, 0.2) is 48.5 Å². The van der Waals surface area contributed by atoms with Gasteiger partial charge in [-0.3, -0.25) is 4.79 Å². The average Bonchev–Trinajstić information content (AvgIpc) is 2.84. The lowest BCUT2D eigenvalue weighted by molar-refractivity contribution is 0.0954. The zero-order valence-corrected chi connectivity index (χ0v) is 13.3. The fourth-order valence-corrected chi connectivity index (χ4v) is 3.09. The number of fused-ring (bicyclic) bond motifs is 1. The predicted molar refractivity (Wildman–Crippen MR) is 90.7 cm³/mol. The van der Waals surface area contributed by atoms with Gasteiger partial charge in [-0.1, -0.05) is 29.8 Å². The Morgan fingerprint density at radius 1 is 1.23 bits per heavy atom. The normalized spacial score (nSPS) is 16.5. The van der Waals surface area contributed by atoms with Crippen LogP contribution in [0, 0.1) is 0 Å². The molecule has 4 heteroatoms. The van der Waals surface area contributed by atoms with Crippen molar-refractivity contribution >= 4 is 23.2 Å². The van der Waals surface area contributed by atoms with Crippen molar-refractivity contribution in [3.63, 3.8) is 0 Å². The number of para-hydroxylation sites is 1. The quantitative estimate of drug-likeness (QED) is 0.936. The van der Waals surface area contributed by atoms with E-state index in [0.717, 1.165) is 13.0 Å². The molecule has 3 rings (SSSR count). The molecule has 1 aliphatic heterocycles. The van der Waals surface area contributed by atoms with Gasteiger partial charge in [0, 0.05) is 35.4 Å². The summed E-state index contributed by atoms with van der Waals surface area (Å²) in [6.07, 6.45) is 1.07. The molecule has 3 nitrogen and oxygen atoms in total. The van der Waals surface area contributed by atoms with Gasteiger partial charge in [0.2, 0.25) is 0 Å². The lowest BCUT2D eigenvalue weighted by atomic mass is 10.1. The number of hydrogen-bond acceptors (Lipinski definition) is 2. The molecule has 0 fully saturated rings. The maximum atomic E-state index is 12.1. The van der Waals surface area contributed by atoms with Crippen LogP contribution in [0.2, 0.25) is 5.02 Å². The van der Waals surface area contributed by atoms with Gasteiger partial charge < -0.3 is 10.2 Å². The Morgan fingerprint density at radius 3 is 2.73 bits per heavy atom. The monoisotopic (exact) mass is 314 g/mol. The lowest BCUT2D eigenvalue weighted by Gasteiger charge is -2.25. The van der Waals surface area contributed by atoms with Crippen LogP contribution in [-0.2, 0) is 6.42 Å². The van der Waals surface area contributed by atoms with Crippen molar-refractivity contribution in [3.05, 3.63) is 64.7 Å². The highest BCUT2D eigenvalue weighted by Gasteiger charge is 2.24. The molecule has 0 aromatic heterocycles. The first-order valence-corrected chi connectivity index (χ1v) is 7.91. The third kappa shape index (κ3) is 3.09. The molecule has 1 N–H and O–H groups in total. The molecular weight excluding hydrogens is 296 g/mol. The van der Waals surface area contributed by atoms with Gasteiger partial charge in [-0.2, -0.15) is 0 Å². The highest BCUT2D eigenvalue weighted by atomic mass is 35.5. The molecule has 0 bridgehead atoms. The second kappa shape index (κ2) is 6.41. The number of nitrogens with zero attached hydrogens (tertiary/aromatic N) is 1. The first-order chi connectivity index (χ1) is 10.6. The molecule has 0 radical (unpaired) electrons. The van der Waals surface area contributed by atoms with Crippen molar-refractivity contribution < 1.29 is 4.79 Å². The fraction of sp³-hybridized carbons (Fsp3) is 0.278. The molecule has 1 amide bonds. The molecule has 1 aliphatic rings. The Kier molecular flexibility index (Phi) is 4.34. The zero-order valence-electron chi connectivity index (χ0n) is 12.6. The maximum Gasteiger partial charge on any atom is 0.251 e. The summed E-state index contributed by atoms with van der Waals surface area (Å²) < 4.78 is 0. The molecule has 1 unspecified atom stereocenters. The summed E-state index contributed by atoms with van der Waals surface area (Å²) in [5, 5.41) is 3.61. The fourth-order valence-electron chi connectivity index (χ4n) is 2.96. The summed E-state index contributed by atoms with van der Waals surface area (Å²) in [5.74, 6) is -0.0585. The lowest BCUT2D eigenvalue weighted by Crippen LogP contribution is -2.37. The van der Waals surface area contributed by atoms with Crippen LogP contribution >= 0.6 is 11.6 Å². The van der Waals surface area contributed by atoms with Gasteiger partial charge in [-0.05, 0) is 49.2 Å². The minimum atomic E-state index is -0.0585. The summed E-state index contributed by atoms with van der Waals surface area (Å²) in [7, 11) is 0. The van der Waals surface area contributed by atoms with E-state index >= 15 is 0 Å². The van der Waals surface area contributed by atoms with Crippen LogP contribution in [0.4, 0.5) is 5.69 Å². The third-order valence-electron chi connectivity index (χ3n) is 4.09. The number of carbonyl (C=O) groups is 1. The topological polar surface area (TPSA) is 32.3 Å². The van der Waals surface area contributed by atoms with Crippen LogP contribution in [-0.4, -0.2) is 25.0 Å². The van der Waals surface area contributed by atoms with Gasteiger partial charge in [0.25, 0.3) is 5.91 Å². The summed E-state index contributed by atoms with van der Waals surface area (Å²) in [5.41, 5.74) is 3.31. The number of amides is 1. The van der Waals surface area contributed by atoms with E-state index in [-0.39, 0.29) is 5.91 Å². The van der Waals surface area contributed by atoms with E-state index in [0.29, 0.717) is 23.2 Å². The molecule has 22 heavy (non-hydrogen) atoms. The summed E-state index contributed by atoms with van der Waals surface area (Å²) in [4.78, 5) is 14.4. The Balaban J connectivity index is 1.57. The molecule has 114 valence electrons. The van der Waals surface area contributed by atoms with Crippen molar-refractivity contribution in [1.29, 1.82) is 0 Å². The number of carbonyl (C=O) groups excluding carboxylic acids is 1. The van der Waals surface area contributed by atoms with Crippen LogP contribution in [0.1, 0.15) is 22.8 Å². The first kappa shape index (κ1) is 14.9. The number of benzene rings is 2. The van der Waals surface area contributed by atoms with E-state index in [1.54, 1.807) is 24.3 Å². The highest BCUT2D eigenvalue weighted by molar-refractivity contribution is 6.30. The largest absolute Gasteiger partial charge is 0.367 e. The van der Waals surface area contributed by atoms with Crippen molar-refractivity contribution in [2.75, 3.05) is 18.0 Å². The number of halogens is 1. The van der Waals surface area contributed by atoms with Crippen molar-refractivity contribution in [2.45, 2.75) is 19.4 Å². The second-order valence-corrected chi connectivity index (χ2v) is 6.07. The van der Waals surface area contributed by atoms with E-state index in [9.17, 15) is 4.79 Å². The molecule has 2 aromatic carbocycles. The van der Waals surface area contributed by atoms with Gasteiger partial charge in [0.15, 0.2) is 0 Å². The number of rotatable bonds is 4. The van der Waals surface area contributed by atoms with Crippen LogP contribution in [0.3, 0.4) is 0 Å². The smallest absolute Gasteiger partial charge is 0.251 e. The van der Waals surface area contributed by atoms with Crippen molar-refractivity contribution in [1.82, 2.24) is 5.32 Å². The molecule has 0 saturated heterocycles. The maximum absolute atomic E-state index is 12.1. The molecular formula is C18H19ClN2O. The Bertz CT molecular complexity index is 669. The van der Waals surface area contributed by atoms with E-state index in [4.69, 9.17) is 11.6 Å². The van der Waals surface area contributed by atoms with Gasteiger partial charge in [-0.15, -0.1) is 0 Å². The molecule has 0 spiro atoms. The first-order valence-electron chi connectivity index (χ1n) is 7.53. The van der Waals surface area contributed by atoms with Crippen LogP contribution in [0.25, 0.3) is 0 Å². The Hall–Kier alpha value is -2.00. The standard InChI is InChI=1S/C18H19ClN2O/c1-13-12-15-4-2-3-5-17(15)21(13)11-10-20-18(22)14-6-8-16(19)9-7-14/h2-9,13H,10-12H2,1H3,(H,20,22). The van der Waals surface area contributed by atoms with Crippen LogP contribution in [0.5, 0.6) is 0 Å². The number of nitrogens with one attached hydrogen (secondary N) is 1. The summed E-state index contributed by atoms with van der Waals surface area (Å²) >= 11 is 5.83. The molecule has 1 heterocycles. The van der Waals surface area contributed by atoms with Gasteiger partial charge in [0.05, 0.1) is 0 Å². The van der Waals surface area contributed by atoms with Gasteiger partial charge in [-0.25, -0.2) is 0 Å². The van der Waals surface area contributed by atoms with Crippen molar-refractivity contribution in [3.8, 4) is 0 Å². The molecule has 0 aliphatic carbocycles. The minimum Gasteiger partial charge on any atom is -0.367 e. The van der Waals surface area contributed by atoms with E-state index in [1.807, 2.05) is 0 Å². The number of hydrogen-bond donors (Lipinski definition) is 1. The van der Waals surface area contributed by atoms with Crippen LogP contribution < -0.4 is 10.2 Å². The number of anilines is 1. The van der Waals surface area contributed by atoms with Gasteiger partial charge in [0.1, 0.15) is 0 Å². The average molecular weight is 315 g/mol. The second-order valence-electron chi connectivity index (χ2n) is 5.64. The predicted octanol–water partition coefficient (Wildman–Crippen LogP) is 3.52. The summed E-state index contributed by atoms with van der Waals surface area (Å²) in [6.45, 7) is 3.67. The van der Waals surface area contributed by atoms with Gasteiger partial charge >= 0.3 is 0 Å².